The normalized spacial score (nSPS) is 22.9. The molecule has 0 radical (unpaired) electrons. The molecular weight excluding hydrogens is 308 g/mol. The second kappa shape index (κ2) is 7.36. The summed E-state index contributed by atoms with van der Waals surface area (Å²) in [6.07, 6.45) is 1.01. The number of nitrogens with one attached hydrogen (secondary N) is 3. The fraction of sp³-hybridized carbons (Fsp3) is 0.529. The number of H-pyrrole nitrogens is 1. The number of carbonyl (C=O) groups excluding carboxylic acids is 1. The molecule has 6 heteroatoms. The standard InChI is InChI=1S/C17H24N4OS/c1-11-9-18-8-7-13(11)19-16(22)10-23-12(2)17-20-14-5-3-4-6-15(14)21-17/h3-6,11-13,18H,7-10H2,1-2H3,(H,19,22)(H,20,21). The summed E-state index contributed by atoms with van der Waals surface area (Å²) in [5, 5.41) is 6.69. The third kappa shape index (κ3) is 4.06. The molecule has 3 rings (SSSR count). The summed E-state index contributed by atoms with van der Waals surface area (Å²) in [5.41, 5.74) is 2.02. The Morgan fingerprint density at radius 1 is 1.48 bits per heavy atom. The Bertz CT molecular complexity index is 638. The number of benzene rings is 1. The molecule has 1 aliphatic heterocycles. The number of hydrogen-bond acceptors (Lipinski definition) is 4. The lowest BCUT2D eigenvalue weighted by atomic mass is 9.95. The van der Waals surface area contributed by atoms with E-state index in [1.165, 1.54) is 0 Å². The Morgan fingerprint density at radius 2 is 2.30 bits per heavy atom. The van der Waals surface area contributed by atoms with Gasteiger partial charge in [-0.1, -0.05) is 19.1 Å². The molecule has 0 aliphatic carbocycles. The number of amides is 1. The van der Waals surface area contributed by atoms with Crippen LogP contribution in [0.15, 0.2) is 24.3 Å². The van der Waals surface area contributed by atoms with Crippen LogP contribution in [0.4, 0.5) is 0 Å². The minimum Gasteiger partial charge on any atom is -0.352 e. The number of imidazole rings is 1. The predicted molar refractivity (Wildman–Crippen MR) is 95.5 cm³/mol. The van der Waals surface area contributed by atoms with Crippen molar-refractivity contribution in [2.75, 3.05) is 18.8 Å². The highest BCUT2D eigenvalue weighted by atomic mass is 32.2. The number of hydrogen-bond donors (Lipinski definition) is 3. The van der Waals surface area contributed by atoms with E-state index in [0.29, 0.717) is 17.7 Å². The van der Waals surface area contributed by atoms with Gasteiger partial charge in [0.15, 0.2) is 0 Å². The van der Waals surface area contributed by atoms with Crippen LogP contribution in [0.3, 0.4) is 0 Å². The maximum absolute atomic E-state index is 12.2. The fourth-order valence-corrected chi connectivity index (χ4v) is 3.68. The summed E-state index contributed by atoms with van der Waals surface area (Å²) >= 11 is 1.62. The number of thioether (sulfide) groups is 1. The highest BCUT2D eigenvalue weighted by Crippen LogP contribution is 2.27. The summed E-state index contributed by atoms with van der Waals surface area (Å²) in [6.45, 7) is 6.23. The third-order valence-corrected chi connectivity index (χ3v) is 5.54. The van der Waals surface area contributed by atoms with E-state index in [9.17, 15) is 4.79 Å². The first-order valence-corrected chi connectivity index (χ1v) is 9.24. The van der Waals surface area contributed by atoms with Crippen LogP contribution in [-0.4, -0.2) is 40.8 Å². The minimum atomic E-state index is 0.122. The molecule has 0 bridgehead atoms. The van der Waals surface area contributed by atoms with Crippen molar-refractivity contribution >= 4 is 28.7 Å². The Kier molecular flexibility index (Phi) is 5.23. The van der Waals surface area contributed by atoms with E-state index >= 15 is 0 Å². The van der Waals surface area contributed by atoms with Crippen LogP contribution >= 0.6 is 11.8 Å². The number of piperidine rings is 1. The van der Waals surface area contributed by atoms with Crippen LogP contribution < -0.4 is 10.6 Å². The van der Waals surface area contributed by atoms with Crippen LogP contribution in [0.5, 0.6) is 0 Å². The zero-order chi connectivity index (χ0) is 16.2. The number of para-hydroxylation sites is 2. The largest absolute Gasteiger partial charge is 0.352 e. The van der Waals surface area contributed by atoms with Crippen molar-refractivity contribution in [3.05, 3.63) is 30.1 Å². The molecule has 1 amide bonds. The van der Waals surface area contributed by atoms with Crippen LogP contribution in [0, 0.1) is 5.92 Å². The van der Waals surface area contributed by atoms with Crippen molar-refractivity contribution < 1.29 is 4.79 Å². The maximum atomic E-state index is 12.2. The highest BCUT2D eigenvalue weighted by molar-refractivity contribution is 8.00. The number of rotatable bonds is 5. The second-order valence-corrected chi connectivity index (χ2v) is 7.57. The molecule has 3 N–H and O–H groups in total. The first-order chi connectivity index (χ1) is 11.1. The SMILES string of the molecule is CC(SCC(=O)NC1CCNCC1C)c1nc2ccccc2[nH]1. The first-order valence-electron chi connectivity index (χ1n) is 8.20. The first kappa shape index (κ1) is 16.3. The van der Waals surface area contributed by atoms with Gasteiger partial charge >= 0.3 is 0 Å². The van der Waals surface area contributed by atoms with Gasteiger partial charge in [0.25, 0.3) is 0 Å². The topological polar surface area (TPSA) is 69.8 Å². The fourth-order valence-electron chi connectivity index (χ4n) is 2.92. The Balaban J connectivity index is 1.51. The number of aromatic nitrogens is 2. The van der Waals surface area contributed by atoms with Crippen molar-refractivity contribution in [2.45, 2.75) is 31.6 Å². The third-order valence-electron chi connectivity index (χ3n) is 4.39. The van der Waals surface area contributed by atoms with Gasteiger partial charge in [0.2, 0.25) is 5.91 Å². The van der Waals surface area contributed by atoms with E-state index < -0.39 is 0 Å². The monoisotopic (exact) mass is 332 g/mol. The molecule has 2 aromatic rings. The molecule has 3 unspecified atom stereocenters. The van der Waals surface area contributed by atoms with E-state index in [1.54, 1.807) is 11.8 Å². The van der Waals surface area contributed by atoms with Gasteiger partial charge in [-0.2, -0.15) is 0 Å². The average molecular weight is 332 g/mol. The lowest BCUT2D eigenvalue weighted by Gasteiger charge is -2.30. The van der Waals surface area contributed by atoms with Crippen LogP contribution in [-0.2, 0) is 4.79 Å². The van der Waals surface area contributed by atoms with E-state index in [1.807, 2.05) is 24.3 Å². The molecule has 1 saturated heterocycles. The van der Waals surface area contributed by atoms with Gasteiger partial charge in [-0.3, -0.25) is 4.79 Å². The molecular formula is C17H24N4OS. The lowest BCUT2D eigenvalue weighted by Crippen LogP contribution is -2.48. The van der Waals surface area contributed by atoms with Crippen molar-refractivity contribution in [3.8, 4) is 0 Å². The Morgan fingerprint density at radius 3 is 3.09 bits per heavy atom. The van der Waals surface area contributed by atoms with Gasteiger partial charge in [-0.15, -0.1) is 11.8 Å². The number of carbonyl (C=O) groups is 1. The van der Waals surface area contributed by atoms with E-state index in [4.69, 9.17) is 0 Å². The number of fused-ring (bicyclic) bond motifs is 1. The molecule has 23 heavy (non-hydrogen) atoms. The zero-order valence-electron chi connectivity index (χ0n) is 13.6. The maximum Gasteiger partial charge on any atom is 0.230 e. The van der Waals surface area contributed by atoms with E-state index in [2.05, 4.69) is 34.4 Å². The summed E-state index contributed by atoms with van der Waals surface area (Å²) in [4.78, 5) is 20.1. The molecule has 124 valence electrons. The molecule has 0 spiro atoms. The van der Waals surface area contributed by atoms with E-state index in [-0.39, 0.29) is 11.2 Å². The second-order valence-electron chi connectivity index (χ2n) is 6.24. The van der Waals surface area contributed by atoms with Gasteiger partial charge in [-0.05, 0) is 44.5 Å². The molecule has 1 fully saturated rings. The molecule has 0 saturated carbocycles. The predicted octanol–water partition coefficient (Wildman–Crippen LogP) is 2.47. The average Bonchev–Trinajstić information content (AvgIpc) is 2.99. The van der Waals surface area contributed by atoms with Gasteiger partial charge in [0.1, 0.15) is 5.82 Å². The van der Waals surface area contributed by atoms with Crippen molar-refractivity contribution in [1.29, 1.82) is 0 Å². The van der Waals surface area contributed by atoms with Crippen LogP contribution in [0.2, 0.25) is 0 Å². The van der Waals surface area contributed by atoms with E-state index in [0.717, 1.165) is 36.4 Å². The van der Waals surface area contributed by atoms with Crippen molar-refractivity contribution in [2.24, 2.45) is 5.92 Å². The van der Waals surface area contributed by atoms with Gasteiger partial charge < -0.3 is 15.6 Å². The molecule has 1 aliphatic rings. The lowest BCUT2D eigenvalue weighted by molar-refractivity contribution is -0.119. The van der Waals surface area contributed by atoms with Gasteiger partial charge in [0, 0.05) is 6.04 Å². The summed E-state index contributed by atoms with van der Waals surface area (Å²) in [7, 11) is 0. The molecule has 5 nitrogen and oxygen atoms in total. The smallest absolute Gasteiger partial charge is 0.230 e. The molecule has 2 heterocycles. The quantitative estimate of drug-likeness (QED) is 0.787. The Hall–Kier alpha value is -1.53. The highest BCUT2D eigenvalue weighted by Gasteiger charge is 2.23. The molecule has 3 atom stereocenters. The summed E-state index contributed by atoms with van der Waals surface area (Å²) < 4.78 is 0. The van der Waals surface area contributed by atoms with Crippen molar-refractivity contribution in [1.82, 2.24) is 20.6 Å². The molecule has 1 aromatic heterocycles. The zero-order valence-corrected chi connectivity index (χ0v) is 14.5. The Labute approximate surface area is 141 Å². The van der Waals surface area contributed by atoms with Gasteiger partial charge in [-0.25, -0.2) is 4.98 Å². The molecule has 1 aromatic carbocycles. The van der Waals surface area contributed by atoms with Crippen molar-refractivity contribution in [3.63, 3.8) is 0 Å². The summed E-state index contributed by atoms with van der Waals surface area (Å²) in [6, 6.07) is 8.30. The summed E-state index contributed by atoms with van der Waals surface area (Å²) in [5.74, 6) is 2.01. The minimum absolute atomic E-state index is 0.122. The van der Waals surface area contributed by atoms with Gasteiger partial charge in [0.05, 0.1) is 22.0 Å². The number of nitrogens with zero attached hydrogens (tertiary/aromatic N) is 1. The number of aromatic amines is 1. The van der Waals surface area contributed by atoms with Crippen LogP contribution in [0.1, 0.15) is 31.3 Å². The van der Waals surface area contributed by atoms with Crippen LogP contribution in [0.25, 0.3) is 11.0 Å².